The Morgan fingerprint density at radius 1 is 1.14 bits per heavy atom. The second kappa shape index (κ2) is 7.35. The molecule has 3 aromatic rings. The van der Waals surface area contributed by atoms with Crippen LogP contribution in [0.1, 0.15) is 37.4 Å². The highest BCUT2D eigenvalue weighted by Gasteiger charge is 2.32. The standard InChI is InChI=1S/C23H26N4OS/c1-2-5-15(6-3-1)19-14-29-23-20(19)22(25-21(26-23)16-8-9-16)24-11-18-12-27-10-4-7-17(27)13-28-18/h1-3,5-6,14,16-18H,4,7-13H2,(H,24,25,26). The number of thiophene rings is 1. The van der Waals surface area contributed by atoms with E-state index in [2.05, 4.69) is 45.9 Å². The third-order valence-electron chi connectivity index (χ3n) is 6.44. The van der Waals surface area contributed by atoms with E-state index < -0.39 is 0 Å². The SMILES string of the molecule is c1ccc(-c2csc3nc(C4CC4)nc(NCC4CN5CCCC5CO4)c23)cc1. The first-order valence-corrected chi connectivity index (χ1v) is 11.7. The van der Waals surface area contributed by atoms with Crippen molar-refractivity contribution in [1.82, 2.24) is 14.9 Å². The molecule has 0 spiro atoms. The van der Waals surface area contributed by atoms with E-state index in [4.69, 9.17) is 14.7 Å². The summed E-state index contributed by atoms with van der Waals surface area (Å²) in [6.45, 7) is 3.91. The van der Waals surface area contributed by atoms with E-state index in [9.17, 15) is 0 Å². The Labute approximate surface area is 175 Å². The monoisotopic (exact) mass is 406 g/mol. The minimum absolute atomic E-state index is 0.220. The average molecular weight is 407 g/mol. The topological polar surface area (TPSA) is 50.3 Å². The first-order chi connectivity index (χ1) is 14.3. The molecule has 6 rings (SSSR count). The van der Waals surface area contributed by atoms with Crippen LogP contribution in [-0.2, 0) is 4.74 Å². The van der Waals surface area contributed by atoms with Crippen LogP contribution in [0.4, 0.5) is 5.82 Å². The molecule has 150 valence electrons. The molecule has 2 aliphatic heterocycles. The van der Waals surface area contributed by atoms with Gasteiger partial charge in [0, 0.05) is 36.0 Å². The molecule has 2 saturated heterocycles. The molecule has 1 N–H and O–H groups in total. The number of fused-ring (bicyclic) bond motifs is 2. The second-order valence-electron chi connectivity index (χ2n) is 8.53. The van der Waals surface area contributed by atoms with Crippen molar-refractivity contribution in [2.45, 2.75) is 43.7 Å². The molecule has 2 aromatic heterocycles. The fraction of sp³-hybridized carbons (Fsp3) is 0.478. The lowest BCUT2D eigenvalue weighted by Gasteiger charge is -2.35. The Balaban J connectivity index is 1.31. The van der Waals surface area contributed by atoms with E-state index in [1.165, 1.54) is 43.4 Å². The molecule has 0 amide bonds. The van der Waals surface area contributed by atoms with Gasteiger partial charge < -0.3 is 10.1 Å². The van der Waals surface area contributed by atoms with Crippen LogP contribution < -0.4 is 5.32 Å². The number of benzene rings is 1. The summed E-state index contributed by atoms with van der Waals surface area (Å²) in [7, 11) is 0. The first-order valence-electron chi connectivity index (χ1n) is 10.8. The van der Waals surface area contributed by atoms with Crippen molar-refractivity contribution in [2.24, 2.45) is 0 Å². The second-order valence-corrected chi connectivity index (χ2v) is 9.39. The van der Waals surface area contributed by atoms with Crippen molar-refractivity contribution in [2.75, 3.05) is 31.6 Å². The lowest BCUT2D eigenvalue weighted by Crippen LogP contribution is -2.48. The van der Waals surface area contributed by atoms with E-state index >= 15 is 0 Å². The lowest BCUT2D eigenvalue weighted by molar-refractivity contribution is -0.0415. The maximum Gasteiger partial charge on any atom is 0.139 e. The van der Waals surface area contributed by atoms with E-state index in [1.54, 1.807) is 11.3 Å². The number of aromatic nitrogens is 2. The van der Waals surface area contributed by atoms with Crippen molar-refractivity contribution in [3.05, 3.63) is 41.5 Å². The fourth-order valence-corrected chi connectivity index (χ4v) is 5.61. The van der Waals surface area contributed by atoms with Gasteiger partial charge in [0.2, 0.25) is 0 Å². The number of ether oxygens (including phenoxy) is 1. The predicted molar refractivity (Wildman–Crippen MR) is 118 cm³/mol. The van der Waals surface area contributed by atoms with Gasteiger partial charge in [0.25, 0.3) is 0 Å². The minimum atomic E-state index is 0.220. The van der Waals surface area contributed by atoms with Gasteiger partial charge in [-0.3, -0.25) is 4.90 Å². The molecule has 5 nitrogen and oxygen atoms in total. The van der Waals surface area contributed by atoms with Gasteiger partial charge in [-0.15, -0.1) is 11.3 Å². The van der Waals surface area contributed by atoms with Gasteiger partial charge >= 0.3 is 0 Å². The molecule has 1 aromatic carbocycles. The maximum atomic E-state index is 6.17. The van der Waals surface area contributed by atoms with Crippen molar-refractivity contribution >= 4 is 27.4 Å². The normalized spacial score (nSPS) is 24.7. The van der Waals surface area contributed by atoms with Crippen LogP contribution in [0.25, 0.3) is 21.3 Å². The molecule has 0 radical (unpaired) electrons. The lowest BCUT2D eigenvalue weighted by atomic mass is 10.1. The molecule has 3 aliphatic rings. The van der Waals surface area contributed by atoms with E-state index in [1.807, 2.05) is 0 Å². The van der Waals surface area contributed by atoms with Gasteiger partial charge in [-0.05, 0) is 37.8 Å². The van der Waals surface area contributed by atoms with Crippen molar-refractivity contribution in [3.63, 3.8) is 0 Å². The number of hydrogen-bond donors (Lipinski definition) is 1. The van der Waals surface area contributed by atoms with Crippen LogP contribution >= 0.6 is 11.3 Å². The molecule has 2 unspecified atom stereocenters. The zero-order valence-corrected chi connectivity index (χ0v) is 17.3. The number of anilines is 1. The van der Waals surface area contributed by atoms with Crippen LogP contribution in [0.15, 0.2) is 35.7 Å². The Morgan fingerprint density at radius 2 is 2.03 bits per heavy atom. The highest BCUT2D eigenvalue weighted by molar-refractivity contribution is 7.17. The molecule has 2 atom stereocenters. The summed E-state index contributed by atoms with van der Waals surface area (Å²) in [5.41, 5.74) is 2.44. The number of rotatable bonds is 5. The Morgan fingerprint density at radius 3 is 2.90 bits per heavy atom. The van der Waals surface area contributed by atoms with Crippen molar-refractivity contribution in [1.29, 1.82) is 0 Å². The highest BCUT2D eigenvalue weighted by Crippen LogP contribution is 2.42. The fourth-order valence-electron chi connectivity index (χ4n) is 4.66. The zero-order chi connectivity index (χ0) is 19.2. The predicted octanol–water partition coefficient (Wildman–Crippen LogP) is 4.51. The van der Waals surface area contributed by atoms with Crippen LogP contribution in [-0.4, -0.2) is 53.3 Å². The van der Waals surface area contributed by atoms with E-state index in [0.29, 0.717) is 12.0 Å². The average Bonchev–Trinajstić information content (AvgIpc) is 3.36. The molecule has 3 fully saturated rings. The highest BCUT2D eigenvalue weighted by atomic mass is 32.1. The van der Waals surface area contributed by atoms with Crippen molar-refractivity contribution < 1.29 is 4.74 Å². The number of morpholine rings is 1. The maximum absolute atomic E-state index is 6.17. The Bertz CT molecular complexity index is 1020. The van der Waals surface area contributed by atoms with Crippen LogP contribution in [0, 0.1) is 0 Å². The molecular formula is C23H26N4OS. The summed E-state index contributed by atoms with van der Waals surface area (Å²) in [5.74, 6) is 2.52. The van der Waals surface area contributed by atoms with Gasteiger partial charge in [-0.2, -0.15) is 0 Å². The van der Waals surface area contributed by atoms with Gasteiger partial charge in [0.1, 0.15) is 16.5 Å². The molecule has 1 aliphatic carbocycles. The zero-order valence-electron chi connectivity index (χ0n) is 16.5. The van der Waals surface area contributed by atoms with E-state index in [-0.39, 0.29) is 6.10 Å². The summed E-state index contributed by atoms with van der Waals surface area (Å²) >= 11 is 1.73. The molecule has 29 heavy (non-hydrogen) atoms. The molecule has 1 saturated carbocycles. The van der Waals surface area contributed by atoms with Gasteiger partial charge in [-0.1, -0.05) is 30.3 Å². The summed E-state index contributed by atoms with van der Waals surface area (Å²) in [6.07, 6.45) is 5.24. The smallest absolute Gasteiger partial charge is 0.139 e. The molecule has 4 heterocycles. The van der Waals surface area contributed by atoms with Gasteiger partial charge in [0.05, 0.1) is 18.1 Å². The first kappa shape index (κ1) is 17.8. The quantitative estimate of drug-likeness (QED) is 0.676. The Kier molecular flexibility index (Phi) is 4.51. The minimum Gasteiger partial charge on any atom is -0.373 e. The molecule has 6 heteroatoms. The number of nitrogens with one attached hydrogen (secondary N) is 1. The van der Waals surface area contributed by atoms with Crippen LogP contribution in [0.2, 0.25) is 0 Å². The number of hydrogen-bond acceptors (Lipinski definition) is 6. The van der Waals surface area contributed by atoms with Crippen LogP contribution in [0.5, 0.6) is 0 Å². The third-order valence-corrected chi connectivity index (χ3v) is 7.31. The summed E-state index contributed by atoms with van der Waals surface area (Å²) in [6, 6.07) is 11.2. The van der Waals surface area contributed by atoms with Gasteiger partial charge in [0.15, 0.2) is 0 Å². The summed E-state index contributed by atoms with van der Waals surface area (Å²) in [5, 5.41) is 7.04. The number of nitrogens with zero attached hydrogens (tertiary/aromatic N) is 3. The Hall–Kier alpha value is -2.02. The van der Waals surface area contributed by atoms with Crippen molar-refractivity contribution in [3.8, 4) is 11.1 Å². The van der Waals surface area contributed by atoms with Crippen LogP contribution in [0.3, 0.4) is 0 Å². The summed E-state index contributed by atoms with van der Waals surface area (Å²) < 4.78 is 6.17. The summed E-state index contributed by atoms with van der Waals surface area (Å²) in [4.78, 5) is 13.6. The largest absolute Gasteiger partial charge is 0.373 e. The molecule has 0 bridgehead atoms. The van der Waals surface area contributed by atoms with Gasteiger partial charge in [-0.25, -0.2) is 9.97 Å². The third kappa shape index (κ3) is 3.43. The molecular weight excluding hydrogens is 380 g/mol. The van der Waals surface area contributed by atoms with E-state index in [0.717, 1.165) is 41.6 Å².